The lowest BCUT2D eigenvalue weighted by Gasteiger charge is -2.33. The average molecular weight is 554 g/mol. The minimum absolute atomic E-state index is 0.123. The summed E-state index contributed by atoms with van der Waals surface area (Å²) in [6, 6.07) is 9.23. The molecule has 2 aliphatic rings. The zero-order valence-electron chi connectivity index (χ0n) is 22.7. The summed E-state index contributed by atoms with van der Waals surface area (Å²) in [5.74, 6) is -4.61. The molecule has 212 valence electrons. The highest BCUT2D eigenvalue weighted by atomic mass is 19.3. The lowest BCUT2D eigenvalue weighted by Crippen LogP contribution is -2.48. The SMILES string of the molecule is Cc1ccc(C[C@H](NC(=O)OCC2=CC=CC=CN2C(=O)C(C#N)=CC(C)(C)N2CCC(F)(F)C2)B(O)O)cc1. The number of carbonyl (C=O) groups excluding carboxylic acids is 2. The van der Waals surface area contributed by atoms with Crippen LogP contribution in [-0.4, -0.2) is 76.1 Å². The summed E-state index contributed by atoms with van der Waals surface area (Å²) in [5, 5.41) is 31.7. The Labute approximate surface area is 232 Å². The van der Waals surface area contributed by atoms with Crippen LogP contribution in [0.1, 0.15) is 31.4 Å². The maximum Gasteiger partial charge on any atom is 0.475 e. The Morgan fingerprint density at radius 3 is 2.55 bits per heavy atom. The molecule has 40 heavy (non-hydrogen) atoms. The molecule has 0 spiro atoms. The maximum atomic E-state index is 13.8. The van der Waals surface area contributed by atoms with Crippen molar-refractivity contribution in [2.45, 2.75) is 51.0 Å². The fraction of sp³-hybridized carbons (Fsp3) is 0.393. The second kappa shape index (κ2) is 13.0. The number of alkyl carbamates (subject to hydrolysis) is 1. The Kier molecular flexibility index (Phi) is 10.0. The van der Waals surface area contributed by atoms with Gasteiger partial charge >= 0.3 is 13.2 Å². The molecule has 1 atom stereocenters. The van der Waals surface area contributed by atoms with Gasteiger partial charge in [-0.3, -0.25) is 14.6 Å². The van der Waals surface area contributed by atoms with E-state index in [1.165, 1.54) is 23.3 Å². The van der Waals surface area contributed by atoms with Gasteiger partial charge in [-0.25, -0.2) is 13.6 Å². The van der Waals surface area contributed by atoms with Crippen LogP contribution in [0.2, 0.25) is 0 Å². The number of nitrogens with zero attached hydrogens (tertiary/aromatic N) is 3. The Balaban J connectivity index is 1.69. The summed E-state index contributed by atoms with van der Waals surface area (Å²) >= 11 is 0. The zero-order chi connectivity index (χ0) is 29.5. The van der Waals surface area contributed by atoms with Crippen molar-refractivity contribution in [2.75, 3.05) is 19.7 Å². The number of rotatable bonds is 9. The van der Waals surface area contributed by atoms with E-state index in [4.69, 9.17) is 4.74 Å². The van der Waals surface area contributed by atoms with Crippen molar-refractivity contribution in [1.82, 2.24) is 15.1 Å². The number of halogens is 2. The van der Waals surface area contributed by atoms with Gasteiger partial charge in [-0.15, -0.1) is 0 Å². The number of amides is 2. The van der Waals surface area contributed by atoms with Gasteiger partial charge in [0.1, 0.15) is 18.2 Å². The van der Waals surface area contributed by atoms with E-state index in [0.717, 1.165) is 16.0 Å². The number of ether oxygens (including phenoxy) is 1. The molecule has 3 N–H and O–H groups in total. The highest BCUT2D eigenvalue weighted by Crippen LogP contribution is 2.33. The van der Waals surface area contributed by atoms with Gasteiger partial charge in [0.05, 0.1) is 18.2 Å². The summed E-state index contributed by atoms with van der Waals surface area (Å²) in [5.41, 5.74) is 0.775. The molecule has 2 amide bonds. The first kappa shape index (κ1) is 30.8. The highest BCUT2D eigenvalue weighted by molar-refractivity contribution is 6.43. The normalized spacial score (nSPS) is 18.0. The molecule has 0 radical (unpaired) electrons. The van der Waals surface area contributed by atoms with Crippen molar-refractivity contribution in [1.29, 1.82) is 5.26 Å². The third-order valence-electron chi connectivity index (χ3n) is 6.70. The third-order valence-corrected chi connectivity index (χ3v) is 6.70. The molecule has 0 aliphatic carbocycles. The minimum atomic E-state index is -2.83. The molecular formula is C28H33BF2N4O5. The van der Waals surface area contributed by atoms with Gasteiger partial charge in [-0.2, -0.15) is 5.26 Å². The number of aryl methyl sites for hydroxylation is 1. The summed E-state index contributed by atoms with van der Waals surface area (Å²) < 4.78 is 32.9. The van der Waals surface area contributed by atoms with Crippen molar-refractivity contribution in [2.24, 2.45) is 0 Å². The van der Waals surface area contributed by atoms with Crippen LogP contribution in [0, 0.1) is 18.3 Å². The topological polar surface area (TPSA) is 126 Å². The van der Waals surface area contributed by atoms with E-state index in [1.807, 2.05) is 37.3 Å². The second-order valence-corrected chi connectivity index (χ2v) is 10.3. The number of carbonyl (C=O) groups is 2. The molecule has 2 heterocycles. The van der Waals surface area contributed by atoms with Gasteiger partial charge in [0, 0.05) is 24.7 Å². The fourth-order valence-electron chi connectivity index (χ4n) is 4.34. The van der Waals surface area contributed by atoms with Crippen molar-refractivity contribution >= 4 is 19.1 Å². The van der Waals surface area contributed by atoms with Crippen LogP contribution in [0.15, 0.2) is 72.1 Å². The number of nitrogens with one attached hydrogen (secondary N) is 1. The standard InChI is InChI=1S/C28H33BF2N4O5/c1-20-8-10-21(11-9-20)15-24(29(38)39)33-26(37)40-18-23-7-5-4-6-13-35(23)25(36)22(17-32)16-27(2,3)34-14-12-28(30,31)19-34/h4-11,13,16,24,38-39H,12,14-15,18-19H2,1-3H3,(H,33,37)/t24-/m0/s1. The Bertz CT molecular complexity index is 1250. The van der Waals surface area contributed by atoms with E-state index in [1.54, 1.807) is 32.1 Å². The molecule has 1 fully saturated rings. The summed E-state index contributed by atoms with van der Waals surface area (Å²) in [6.07, 6.45) is 8.00. The molecule has 1 saturated heterocycles. The van der Waals surface area contributed by atoms with Gasteiger partial charge in [0.25, 0.3) is 11.8 Å². The second-order valence-electron chi connectivity index (χ2n) is 10.3. The molecular weight excluding hydrogens is 521 g/mol. The summed E-state index contributed by atoms with van der Waals surface area (Å²) in [6.45, 7) is 4.50. The number of nitriles is 1. The van der Waals surface area contributed by atoms with Crippen LogP contribution in [0.4, 0.5) is 13.6 Å². The highest BCUT2D eigenvalue weighted by Gasteiger charge is 2.43. The first-order valence-corrected chi connectivity index (χ1v) is 12.8. The van der Waals surface area contributed by atoms with Crippen molar-refractivity contribution in [3.8, 4) is 6.07 Å². The Morgan fingerprint density at radius 2 is 1.95 bits per heavy atom. The van der Waals surface area contributed by atoms with E-state index in [9.17, 15) is 33.7 Å². The monoisotopic (exact) mass is 554 g/mol. The summed E-state index contributed by atoms with van der Waals surface area (Å²) in [4.78, 5) is 28.6. The number of hydrogen-bond donors (Lipinski definition) is 3. The molecule has 0 bridgehead atoms. The van der Waals surface area contributed by atoms with Gasteiger partial charge in [0.2, 0.25) is 0 Å². The predicted molar refractivity (Wildman–Crippen MR) is 145 cm³/mol. The molecule has 0 saturated carbocycles. The van der Waals surface area contributed by atoms with E-state index in [2.05, 4.69) is 5.32 Å². The van der Waals surface area contributed by atoms with Gasteiger partial charge in [-0.1, -0.05) is 42.0 Å². The summed E-state index contributed by atoms with van der Waals surface area (Å²) in [7, 11) is -1.85. The van der Waals surface area contributed by atoms with Crippen molar-refractivity contribution in [3.05, 3.63) is 83.2 Å². The zero-order valence-corrected chi connectivity index (χ0v) is 22.7. The van der Waals surface area contributed by atoms with Crippen LogP contribution < -0.4 is 5.32 Å². The molecule has 3 rings (SSSR count). The van der Waals surface area contributed by atoms with Gasteiger partial charge in [-0.05, 0) is 51.0 Å². The van der Waals surface area contributed by atoms with Crippen LogP contribution in [0.5, 0.6) is 0 Å². The van der Waals surface area contributed by atoms with Crippen molar-refractivity contribution < 1.29 is 33.2 Å². The van der Waals surface area contributed by atoms with Crippen LogP contribution in [-0.2, 0) is 16.0 Å². The number of allylic oxidation sites excluding steroid dienone is 4. The maximum absolute atomic E-state index is 13.8. The minimum Gasteiger partial charge on any atom is -0.443 e. The van der Waals surface area contributed by atoms with Gasteiger partial charge in [0.15, 0.2) is 0 Å². The molecule has 12 heteroatoms. The Hall–Kier alpha value is -3.79. The van der Waals surface area contributed by atoms with Crippen LogP contribution in [0.3, 0.4) is 0 Å². The molecule has 9 nitrogen and oxygen atoms in total. The third kappa shape index (κ3) is 8.36. The lowest BCUT2D eigenvalue weighted by molar-refractivity contribution is -0.123. The number of likely N-dealkylation sites (tertiary alicyclic amines) is 1. The number of benzene rings is 1. The van der Waals surface area contributed by atoms with Crippen LogP contribution in [0.25, 0.3) is 0 Å². The molecule has 2 aliphatic heterocycles. The average Bonchev–Trinajstić information content (AvgIpc) is 3.12. The largest absolute Gasteiger partial charge is 0.475 e. The smallest absolute Gasteiger partial charge is 0.443 e. The van der Waals surface area contributed by atoms with E-state index in [0.29, 0.717) is 0 Å². The number of hydrogen-bond acceptors (Lipinski definition) is 7. The van der Waals surface area contributed by atoms with E-state index >= 15 is 0 Å². The number of alkyl halides is 2. The quantitative estimate of drug-likeness (QED) is 0.244. The molecule has 1 aromatic rings. The van der Waals surface area contributed by atoms with Crippen LogP contribution >= 0.6 is 0 Å². The van der Waals surface area contributed by atoms with Gasteiger partial charge < -0.3 is 20.1 Å². The molecule has 0 unspecified atom stereocenters. The molecule has 0 aromatic heterocycles. The Morgan fingerprint density at radius 1 is 1.25 bits per heavy atom. The predicted octanol–water partition coefficient (Wildman–Crippen LogP) is 3.01. The fourth-order valence-corrected chi connectivity index (χ4v) is 4.34. The molecule has 1 aromatic carbocycles. The van der Waals surface area contributed by atoms with Crippen molar-refractivity contribution in [3.63, 3.8) is 0 Å². The first-order chi connectivity index (χ1) is 18.8. The first-order valence-electron chi connectivity index (χ1n) is 12.8. The lowest BCUT2D eigenvalue weighted by atomic mass is 9.76. The van der Waals surface area contributed by atoms with E-state index in [-0.39, 0.29) is 37.3 Å². The van der Waals surface area contributed by atoms with E-state index < -0.39 is 43.1 Å².